The molecule has 0 unspecified atom stereocenters. The Morgan fingerprint density at radius 3 is 2.25 bits per heavy atom. The van der Waals surface area contributed by atoms with Gasteiger partial charge in [0, 0.05) is 24.2 Å². The molecule has 4 nitrogen and oxygen atoms in total. The fourth-order valence-corrected chi connectivity index (χ4v) is 1.03. The van der Waals surface area contributed by atoms with Gasteiger partial charge in [-0.2, -0.15) is 0 Å². The lowest BCUT2D eigenvalue weighted by Crippen LogP contribution is -2.09. The number of hydrogen-bond acceptors (Lipinski definition) is 3. The molecule has 1 aliphatic rings. The number of aromatic nitrogens is 2. The van der Waals surface area contributed by atoms with Crippen molar-refractivity contribution in [3.05, 3.63) is 63.6 Å². The van der Waals surface area contributed by atoms with Crippen LogP contribution in [0.5, 0.6) is 0 Å². The Hall–Kier alpha value is -1.88. The maximum absolute atomic E-state index is 10.7. The minimum absolute atomic E-state index is 0.126. The largest absolute Gasteiger partial charge is 0.368 e. The van der Waals surface area contributed by atoms with E-state index in [9.17, 15) is 4.79 Å². The lowest BCUT2D eigenvalue weighted by atomic mass is 10.4. The third kappa shape index (κ3) is 4.56. The van der Waals surface area contributed by atoms with Crippen LogP contribution in [0.4, 0.5) is 0 Å². The number of aryl methyl sites for hydroxylation is 1. The zero-order chi connectivity index (χ0) is 11.8. The van der Waals surface area contributed by atoms with Crippen LogP contribution in [0.15, 0.2) is 47.7 Å². The molecule has 0 spiro atoms. The highest BCUT2D eigenvalue weighted by molar-refractivity contribution is 7.71. The van der Waals surface area contributed by atoms with Crippen molar-refractivity contribution in [1.82, 2.24) is 15.3 Å². The van der Waals surface area contributed by atoms with E-state index in [0.29, 0.717) is 10.3 Å². The molecule has 1 aliphatic heterocycles. The number of nitrogens with one attached hydrogen (secondary N) is 3. The fraction of sp³-hybridized carbons (Fsp3) is 0.0909. The van der Waals surface area contributed by atoms with Crippen LogP contribution in [0.2, 0.25) is 0 Å². The van der Waals surface area contributed by atoms with Gasteiger partial charge in [-0.1, -0.05) is 12.2 Å². The van der Waals surface area contributed by atoms with E-state index in [0.717, 1.165) is 0 Å². The molecule has 5 heteroatoms. The Balaban J connectivity index is 0.000000165. The van der Waals surface area contributed by atoms with Crippen molar-refractivity contribution in [2.24, 2.45) is 0 Å². The van der Waals surface area contributed by atoms with E-state index in [-0.39, 0.29) is 5.56 Å². The molecule has 1 aromatic rings. The minimum atomic E-state index is -0.126. The molecule has 0 fully saturated rings. The highest BCUT2D eigenvalue weighted by Crippen LogP contribution is 1.81. The molecule has 0 saturated heterocycles. The van der Waals surface area contributed by atoms with Crippen molar-refractivity contribution in [1.29, 1.82) is 0 Å². The Morgan fingerprint density at radius 1 is 1.12 bits per heavy atom. The fourth-order valence-electron chi connectivity index (χ4n) is 0.883. The van der Waals surface area contributed by atoms with Crippen LogP contribution in [0.3, 0.4) is 0 Å². The van der Waals surface area contributed by atoms with Gasteiger partial charge in [-0.25, -0.2) is 0 Å². The molecule has 3 N–H and O–H groups in total. The minimum Gasteiger partial charge on any atom is -0.368 e. The van der Waals surface area contributed by atoms with Crippen LogP contribution in [0, 0.1) is 11.7 Å². The van der Waals surface area contributed by atoms with Crippen LogP contribution in [-0.4, -0.2) is 9.97 Å². The molecular weight excluding hydrogens is 222 g/mol. The first-order valence-corrected chi connectivity index (χ1v) is 5.14. The summed E-state index contributed by atoms with van der Waals surface area (Å²) >= 11 is 4.65. The van der Waals surface area contributed by atoms with Crippen molar-refractivity contribution >= 4 is 12.2 Å². The Bertz CT molecular complexity index is 509. The summed E-state index contributed by atoms with van der Waals surface area (Å²) in [5.74, 6) is 0. The molecule has 16 heavy (non-hydrogen) atoms. The predicted molar refractivity (Wildman–Crippen MR) is 67.5 cm³/mol. The number of allylic oxidation sites excluding steroid dienone is 4. The van der Waals surface area contributed by atoms with Crippen molar-refractivity contribution in [3.63, 3.8) is 0 Å². The second-order valence-electron chi connectivity index (χ2n) is 3.02. The summed E-state index contributed by atoms with van der Waals surface area (Å²) in [6, 6.07) is 0. The van der Waals surface area contributed by atoms with Crippen LogP contribution in [0.1, 0.15) is 5.56 Å². The molecule has 0 bridgehead atoms. The average Bonchev–Trinajstić information content (AvgIpc) is 2.56. The first-order valence-electron chi connectivity index (χ1n) is 4.73. The van der Waals surface area contributed by atoms with Gasteiger partial charge in [0.25, 0.3) is 5.56 Å². The van der Waals surface area contributed by atoms with Crippen LogP contribution in [0.25, 0.3) is 0 Å². The third-order valence-electron chi connectivity index (χ3n) is 1.72. The van der Waals surface area contributed by atoms with E-state index in [4.69, 9.17) is 0 Å². The molecule has 1 aromatic heterocycles. The number of H-pyrrole nitrogens is 2. The zero-order valence-electron chi connectivity index (χ0n) is 8.86. The Kier molecular flexibility index (Phi) is 5.01. The topological polar surface area (TPSA) is 60.7 Å². The van der Waals surface area contributed by atoms with Crippen LogP contribution in [-0.2, 0) is 0 Å². The highest BCUT2D eigenvalue weighted by atomic mass is 32.1. The molecule has 0 aromatic carbocycles. The Morgan fingerprint density at radius 2 is 1.75 bits per heavy atom. The van der Waals surface area contributed by atoms with Crippen LogP contribution >= 0.6 is 12.2 Å². The summed E-state index contributed by atoms with van der Waals surface area (Å²) in [4.78, 5) is 15.8. The van der Waals surface area contributed by atoms with Gasteiger partial charge in [0.1, 0.15) is 0 Å². The summed E-state index contributed by atoms with van der Waals surface area (Å²) < 4.78 is 0.366. The zero-order valence-corrected chi connectivity index (χ0v) is 9.67. The van der Waals surface area contributed by atoms with Crippen molar-refractivity contribution in [2.75, 3.05) is 0 Å². The molecule has 0 aliphatic carbocycles. The maximum atomic E-state index is 10.7. The van der Waals surface area contributed by atoms with Crippen LogP contribution < -0.4 is 10.9 Å². The van der Waals surface area contributed by atoms with E-state index < -0.39 is 0 Å². The Labute approximate surface area is 98.4 Å². The van der Waals surface area contributed by atoms with Gasteiger partial charge in [0.15, 0.2) is 4.77 Å². The van der Waals surface area contributed by atoms with E-state index in [1.54, 1.807) is 13.1 Å². The second kappa shape index (κ2) is 6.58. The van der Waals surface area contributed by atoms with E-state index in [1.165, 1.54) is 0 Å². The first-order chi connectivity index (χ1) is 7.70. The van der Waals surface area contributed by atoms with Gasteiger partial charge in [0.2, 0.25) is 0 Å². The quantitative estimate of drug-likeness (QED) is 0.602. The van der Waals surface area contributed by atoms with Crippen molar-refractivity contribution < 1.29 is 0 Å². The molecular formula is C11H13N3OS. The second-order valence-corrected chi connectivity index (χ2v) is 3.43. The molecule has 0 radical (unpaired) electrons. The van der Waals surface area contributed by atoms with Crippen molar-refractivity contribution in [3.8, 4) is 0 Å². The van der Waals surface area contributed by atoms with Gasteiger partial charge in [-0.05, 0) is 31.3 Å². The normalized spacial score (nSPS) is 12.3. The molecule has 0 saturated carbocycles. The summed E-state index contributed by atoms with van der Waals surface area (Å²) in [6.07, 6.45) is 13.2. The van der Waals surface area contributed by atoms with Gasteiger partial charge < -0.3 is 10.3 Å². The number of rotatable bonds is 0. The monoisotopic (exact) mass is 235 g/mol. The standard InChI is InChI=1S/C6H7N.C5H6N2OS/c1-2-4-6-7-5-3-1;1-3-2-6-5(9)7-4(3)8/h1-7H;2H,1H3,(H2,6,7,8,9). The lowest BCUT2D eigenvalue weighted by Gasteiger charge is -1.86. The molecule has 0 atom stereocenters. The SMILES string of the molecule is C1=CC=CNC=C1.Cc1c[nH]c(=S)[nH]c1=O. The molecule has 0 amide bonds. The molecule has 84 valence electrons. The van der Waals surface area contributed by atoms with Gasteiger partial charge in [-0.15, -0.1) is 0 Å². The maximum Gasteiger partial charge on any atom is 0.254 e. The molecule has 2 rings (SSSR count). The third-order valence-corrected chi connectivity index (χ3v) is 1.94. The summed E-state index contributed by atoms with van der Waals surface area (Å²) in [5.41, 5.74) is 0.516. The van der Waals surface area contributed by atoms with Gasteiger partial charge in [0.05, 0.1) is 0 Å². The summed E-state index contributed by atoms with van der Waals surface area (Å²) in [5, 5.41) is 2.92. The molecule has 2 heterocycles. The average molecular weight is 235 g/mol. The van der Waals surface area contributed by atoms with Gasteiger partial charge >= 0.3 is 0 Å². The summed E-state index contributed by atoms with van der Waals surface area (Å²) in [7, 11) is 0. The number of aromatic amines is 2. The van der Waals surface area contributed by atoms with E-state index in [1.807, 2.05) is 36.7 Å². The summed E-state index contributed by atoms with van der Waals surface area (Å²) in [6.45, 7) is 1.71. The van der Waals surface area contributed by atoms with E-state index >= 15 is 0 Å². The predicted octanol–water partition coefficient (Wildman–Crippen LogP) is 1.91. The smallest absolute Gasteiger partial charge is 0.254 e. The first kappa shape index (κ1) is 12.2. The van der Waals surface area contributed by atoms with E-state index in [2.05, 4.69) is 27.5 Å². The lowest BCUT2D eigenvalue weighted by molar-refractivity contribution is 1.05. The highest BCUT2D eigenvalue weighted by Gasteiger charge is 1.86. The van der Waals surface area contributed by atoms with Gasteiger partial charge in [-0.3, -0.25) is 9.78 Å². The number of hydrogen-bond donors (Lipinski definition) is 3. The van der Waals surface area contributed by atoms with Crippen molar-refractivity contribution in [2.45, 2.75) is 6.92 Å².